The van der Waals surface area contributed by atoms with Crippen molar-refractivity contribution >= 4 is 10.9 Å². The van der Waals surface area contributed by atoms with Gasteiger partial charge in [-0.3, -0.25) is 20.1 Å². The minimum Gasteiger partial charge on any atom is -0.276 e. The second kappa shape index (κ2) is 5.04. The SMILES string of the molecule is Cc1ccc(-c2n[nH]c3cnc(-c4cccnc4)cc23)nc1. The van der Waals surface area contributed by atoms with Gasteiger partial charge in [-0.1, -0.05) is 6.07 Å². The van der Waals surface area contributed by atoms with E-state index in [9.17, 15) is 0 Å². The van der Waals surface area contributed by atoms with Crippen LogP contribution in [-0.4, -0.2) is 25.1 Å². The number of aromatic amines is 1. The molecule has 0 aromatic carbocycles. The van der Waals surface area contributed by atoms with E-state index >= 15 is 0 Å². The van der Waals surface area contributed by atoms with E-state index in [0.717, 1.165) is 39.1 Å². The maximum absolute atomic E-state index is 4.47. The minimum absolute atomic E-state index is 0.836. The Hall–Kier alpha value is -3.08. The lowest BCUT2D eigenvalue weighted by molar-refractivity contribution is 1.10. The lowest BCUT2D eigenvalue weighted by Crippen LogP contribution is -1.87. The molecule has 106 valence electrons. The molecule has 5 nitrogen and oxygen atoms in total. The van der Waals surface area contributed by atoms with Gasteiger partial charge in [0.1, 0.15) is 5.69 Å². The molecule has 0 fully saturated rings. The standard InChI is InChI=1S/C17H13N5/c1-11-4-5-14(19-8-11)17-13-7-15(12-3-2-6-18-9-12)20-10-16(13)21-22-17/h2-10H,1H3,(H,21,22). The summed E-state index contributed by atoms with van der Waals surface area (Å²) >= 11 is 0. The summed E-state index contributed by atoms with van der Waals surface area (Å²) in [6.45, 7) is 2.02. The first-order valence-electron chi connectivity index (χ1n) is 6.99. The lowest BCUT2D eigenvalue weighted by atomic mass is 10.1. The van der Waals surface area contributed by atoms with Crippen molar-refractivity contribution in [2.24, 2.45) is 0 Å². The van der Waals surface area contributed by atoms with Gasteiger partial charge in [0.25, 0.3) is 0 Å². The first-order chi connectivity index (χ1) is 10.8. The Balaban J connectivity index is 1.88. The lowest BCUT2D eigenvalue weighted by Gasteiger charge is -2.01. The highest BCUT2D eigenvalue weighted by Crippen LogP contribution is 2.27. The summed E-state index contributed by atoms with van der Waals surface area (Å²) in [5, 5.41) is 8.40. The number of rotatable bonds is 2. The Morgan fingerprint density at radius 2 is 1.86 bits per heavy atom. The van der Waals surface area contributed by atoms with E-state index in [1.54, 1.807) is 18.6 Å². The molecule has 4 aromatic rings. The molecule has 0 atom stereocenters. The van der Waals surface area contributed by atoms with Crippen molar-refractivity contribution in [2.75, 3.05) is 0 Å². The summed E-state index contributed by atoms with van der Waals surface area (Å²) in [4.78, 5) is 13.1. The third-order valence-electron chi connectivity index (χ3n) is 3.56. The van der Waals surface area contributed by atoms with Gasteiger partial charge in [-0.2, -0.15) is 5.10 Å². The quantitative estimate of drug-likeness (QED) is 0.613. The van der Waals surface area contributed by atoms with Crippen LogP contribution in [-0.2, 0) is 0 Å². The number of H-pyrrole nitrogens is 1. The molecule has 0 saturated carbocycles. The molecule has 4 rings (SSSR count). The van der Waals surface area contributed by atoms with Gasteiger partial charge in [0.2, 0.25) is 0 Å². The fourth-order valence-electron chi connectivity index (χ4n) is 2.39. The number of nitrogens with zero attached hydrogens (tertiary/aromatic N) is 4. The zero-order chi connectivity index (χ0) is 14.9. The number of aromatic nitrogens is 5. The maximum atomic E-state index is 4.47. The van der Waals surface area contributed by atoms with Gasteiger partial charge in [-0.15, -0.1) is 0 Å². The molecule has 0 amide bonds. The topological polar surface area (TPSA) is 67.3 Å². The molecule has 0 spiro atoms. The van der Waals surface area contributed by atoms with Crippen LogP contribution in [0.3, 0.4) is 0 Å². The summed E-state index contributed by atoms with van der Waals surface area (Å²) in [6.07, 6.45) is 7.20. The van der Waals surface area contributed by atoms with E-state index in [0.29, 0.717) is 0 Å². The van der Waals surface area contributed by atoms with Crippen LogP contribution >= 0.6 is 0 Å². The van der Waals surface area contributed by atoms with Crippen molar-refractivity contribution in [1.29, 1.82) is 0 Å². The zero-order valence-electron chi connectivity index (χ0n) is 12.0. The van der Waals surface area contributed by atoms with Crippen molar-refractivity contribution in [3.63, 3.8) is 0 Å². The summed E-state index contributed by atoms with van der Waals surface area (Å²) in [5.41, 5.74) is 5.55. The van der Waals surface area contributed by atoms with E-state index in [1.807, 2.05) is 43.5 Å². The van der Waals surface area contributed by atoms with Gasteiger partial charge in [0.05, 0.1) is 23.1 Å². The van der Waals surface area contributed by atoms with Gasteiger partial charge in [0.15, 0.2) is 0 Å². The van der Waals surface area contributed by atoms with E-state index in [4.69, 9.17) is 0 Å². The minimum atomic E-state index is 0.836. The average molecular weight is 287 g/mol. The monoisotopic (exact) mass is 287 g/mol. The predicted molar refractivity (Wildman–Crippen MR) is 85.1 cm³/mol. The Bertz CT molecular complexity index is 926. The van der Waals surface area contributed by atoms with E-state index < -0.39 is 0 Å². The van der Waals surface area contributed by atoms with Crippen LogP contribution in [0.5, 0.6) is 0 Å². The maximum Gasteiger partial charge on any atom is 0.118 e. The Labute approximate surface area is 127 Å². The van der Waals surface area contributed by atoms with Gasteiger partial charge in [0, 0.05) is 29.5 Å². The Morgan fingerprint density at radius 1 is 0.955 bits per heavy atom. The molecule has 0 radical (unpaired) electrons. The first kappa shape index (κ1) is 12.6. The second-order valence-corrected chi connectivity index (χ2v) is 5.15. The highest BCUT2D eigenvalue weighted by atomic mass is 15.1. The molecule has 5 heteroatoms. The van der Waals surface area contributed by atoms with E-state index in [2.05, 4.69) is 25.1 Å². The fraction of sp³-hybridized carbons (Fsp3) is 0.0588. The van der Waals surface area contributed by atoms with Crippen LogP contribution in [0.1, 0.15) is 5.56 Å². The molecular weight excluding hydrogens is 274 g/mol. The number of fused-ring (bicyclic) bond motifs is 1. The molecule has 0 unspecified atom stereocenters. The number of pyridine rings is 3. The number of hydrogen-bond acceptors (Lipinski definition) is 4. The van der Waals surface area contributed by atoms with E-state index in [-0.39, 0.29) is 0 Å². The molecule has 1 N–H and O–H groups in total. The third kappa shape index (κ3) is 2.13. The Morgan fingerprint density at radius 3 is 2.64 bits per heavy atom. The summed E-state index contributed by atoms with van der Waals surface area (Å²) in [5.74, 6) is 0. The smallest absolute Gasteiger partial charge is 0.118 e. The fourth-order valence-corrected chi connectivity index (χ4v) is 2.39. The van der Waals surface area contributed by atoms with Gasteiger partial charge < -0.3 is 0 Å². The normalized spacial score (nSPS) is 11.0. The molecular formula is C17H13N5. The summed E-state index contributed by atoms with van der Waals surface area (Å²) in [7, 11) is 0. The molecule has 0 aliphatic rings. The van der Waals surface area contributed by atoms with Crippen LogP contribution in [0, 0.1) is 6.92 Å². The highest BCUT2D eigenvalue weighted by molar-refractivity contribution is 5.93. The van der Waals surface area contributed by atoms with Gasteiger partial charge >= 0.3 is 0 Å². The van der Waals surface area contributed by atoms with Gasteiger partial charge in [-0.05, 0) is 36.8 Å². The van der Waals surface area contributed by atoms with Crippen LogP contribution in [0.2, 0.25) is 0 Å². The molecule has 0 bridgehead atoms. The van der Waals surface area contributed by atoms with Crippen LogP contribution < -0.4 is 0 Å². The Kier molecular flexibility index (Phi) is 2.89. The second-order valence-electron chi connectivity index (χ2n) is 5.15. The summed E-state index contributed by atoms with van der Waals surface area (Å²) < 4.78 is 0. The van der Waals surface area contributed by atoms with Crippen molar-refractivity contribution in [2.45, 2.75) is 6.92 Å². The summed E-state index contributed by atoms with van der Waals surface area (Å²) in [6, 6.07) is 9.93. The highest BCUT2D eigenvalue weighted by Gasteiger charge is 2.11. The largest absolute Gasteiger partial charge is 0.276 e. The molecule has 0 aliphatic carbocycles. The van der Waals surface area contributed by atoms with Crippen LogP contribution in [0.25, 0.3) is 33.5 Å². The van der Waals surface area contributed by atoms with Crippen molar-refractivity contribution < 1.29 is 0 Å². The average Bonchev–Trinajstić information content (AvgIpc) is 2.99. The van der Waals surface area contributed by atoms with Crippen molar-refractivity contribution in [1.82, 2.24) is 25.1 Å². The molecule has 4 aromatic heterocycles. The van der Waals surface area contributed by atoms with E-state index in [1.165, 1.54) is 0 Å². The number of hydrogen-bond donors (Lipinski definition) is 1. The molecule has 0 saturated heterocycles. The van der Waals surface area contributed by atoms with Crippen molar-refractivity contribution in [3.8, 4) is 22.6 Å². The molecule has 4 heterocycles. The van der Waals surface area contributed by atoms with Crippen LogP contribution in [0.4, 0.5) is 0 Å². The molecule has 22 heavy (non-hydrogen) atoms. The first-order valence-corrected chi connectivity index (χ1v) is 6.99. The van der Waals surface area contributed by atoms with Gasteiger partial charge in [-0.25, -0.2) is 0 Å². The number of nitrogens with one attached hydrogen (secondary N) is 1. The predicted octanol–water partition coefficient (Wildman–Crippen LogP) is 3.39. The number of aryl methyl sites for hydroxylation is 1. The van der Waals surface area contributed by atoms with Crippen molar-refractivity contribution in [3.05, 3.63) is 60.7 Å². The van der Waals surface area contributed by atoms with Crippen LogP contribution in [0.15, 0.2) is 55.1 Å². The zero-order valence-corrected chi connectivity index (χ0v) is 12.0. The molecule has 0 aliphatic heterocycles. The third-order valence-corrected chi connectivity index (χ3v) is 3.56.